The first-order valence-electron chi connectivity index (χ1n) is 9.90. The van der Waals surface area contributed by atoms with E-state index in [2.05, 4.69) is 15.2 Å². The van der Waals surface area contributed by atoms with Crippen molar-refractivity contribution < 1.29 is 9.59 Å². The first-order valence-corrected chi connectivity index (χ1v) is 9.90. The average Bonchev–Trinajstić information content (AvgIpc) is 2.85. The summed E-state index contributed by atoms with van der Waals surface area (Å²) in [7, 11) is 0. The number of amides is 2. The van der Waals surface area contributed by atoms with Crippen LogP contribution in [0, 0.1) is 0 Å². The van der Waals surface area contributed by atoms with Crippen LogP contribution in [0.3, 0.4) is 0 Å². The summed E-state index contributed by atoms with van der Waals surface area (Å²) in [6.45, 7) is 4.09. The van der Waals surface area contributed by atoms with E-state index in [1.807, 2.05) is 29.3 Å². The van der Waals surface area contributed by atoms with Crippen LogP contribution >= 0.6 is 0 Å². The van der Waals surface area contributed by atoms with Crippen LogP contribution in [0.25, 0.3) is 0 Å². The Labute approximate surface area is 156 Å². The minimum Gasteiger partial charge on any atom is -0.352 e. The Hall–Kier alpha value is -1.95. The Bertz CT molecular complexity index is 593. The topological polar surface area (TPSA) is 65.5 Å². The second kappa shape index (κ2) is 9.67. The van der Waals surface area contributed by atoms with E-state index in [0.29, 0.717) is 19.4 Å². The molecule has 6 nitrogen and oxygen atoms in total. The van der Waals surface area contributed by atoms with E-state index < -0.39 is 0 Å². The van der Waals surface area contributed by atoms with Crippen molar-refractivity contribution in [1.82, 2.24) is 20.1 Å². The van der Waals surface area contributed by atoms with Crippen molar-refractivity contribution >= 4 is 11.8 Å². The summed E-state index contributed by atoms with van der Waals surface area (Å²) in [6.07, 6.45) is 8.12. The van der Waals surface area contributed by atoms with Crippen LogP contribution in [0.15, 0.2) is 24.4 Å². The predicted octanol–water partition coefficient (Wildman–Crippen LogP) is 1.95. The van der Waals surface area contributed by atoms with E-state index in [4.69, 9.17) is 0 Å². The average molecular weight is 358 g/mol. The first-order chi connectivity index (χ1) is 12.7. The van der Waals surface area contributed by atoms with Crippen molar-refractivity contribution in [2.24, 2.45) is 0 Å². The standard InChI is InChI=1S/C20H30N4O2/c25-19(10-14-24-13-5-1-2-9-20(24)26)22-18-8-6-12-23(16-18)15-17-7-3-4-11-21-17/h3-4,7,11,18H,1-2,5-6,8-10,12-16H2,(H,22,25). The van der Waals surface area contributed by atoms with E-state index in [-0.39, 0.29) is 17.9 Å². The van der Waals surface area contributed by atoms with E-state index in [9.17, 15) is 9.59 Å². The number of piperidine rings is 1. The number of hydrogen-bond donors (Lipinski definition) is 1. The SMILES string of the molecule is O=C(CCN1CCCCCC1=O)NC1CCCN(Cc2ccccn2)C1. The molecule has 2 amide bonds. The molecule has 0 saturated carbocycles. The quantitative estimate of drug-likeness (QED) is 0.844. The highest BCUT2D eigenvalue weighted by atomic mass is 16.2. The third kappa shape index (κ3) is 5.80. The number of likely N-dealkylation sites (tertiary alicyclic amines) is 2. The molecule has 0 aromatic carbocycles. The van der Waals surface area contributed by atoms with Crippen molar-refractivity contribution in [3.05, 3.63) is 30.1 Å². The maximum atomic E-state index is 12.3. The molecular formula is C20H30N4O2. The lowest BCUT2D eigenvalue weighted by atomic mass is 10.1. The Kier molecular flexibility index (Phi) is 7.00. The minimum atomic E-state index is 0.0618. The van der Waals surface area contributed by atoms with Gasteiger partial charge in [0, 0.05) is 51.3 Å². The molecule has 1 atom stereocenters. The molecule has 0 aliphatic carbocycles. The van der Waals surface area contributed by atoms with Crippen molar-refractivity contribution in [3.8, 4) is 0 Å². The third-order valence-corrected chi connectivity index (χ3v) is 5.26. The molecular weight excluding hydrogens is 328 g/mol. The Morgan fingerprint density at radius 2 is 2.12 bits per heavy atom. The summed E-state index contributed by atoms with van der Waals surface area (Å²) in [5.74, 6) is 0.265. The number of pyridine rings is 1. The van der Waals surface area contributed by atoms with Gasteiger partial charge in [-0.15, -0.1) is 0 Å². The molecule has 1 N–H and O–H groups in total. The van der Waals surface area contributed by atoms with Crippen molar-refractivity contribution in [2.45, 2.75) is 57.5 Å². The Balaban J connectivity index is 1.41. The van der Waals surface area contributed by atoms with Gasteiger partial charge in [0.15, 0.2) is 0 Å². The van der Waals surface area contributed by atoms with Gasteiger partial charge in [-0.25, -0.2) is 0 Å². The van der Waals surface area contributed by atoms with Crippen LogP contribution in [-0.4, -0.2) is 58.8 Å². The Morgan fingerprint density at radius 3 is 2.96 bits per heavy atom. The first kappa shape index (κ1) is 18.8. The molecule has 0 radical (unpaired) electrons. The fraction of sp³-hybridized carbons (Fsp3) is 0.650. The molecule has 1 aromatic heterocycles. The smallest absolute Gasteiger partial charge is 0.222 e. The molecule has 2 aliphatic rings. The molecule has 3 heterocycles. The zero-order chi connectivity index (χ0) is 18.2. The highest BCUT2D eigenvalue weighted by Crippen LogP contribution is 2.14. The van der Waals surface area contributed by atoms with Gasteiger partial charge in [0.1, 0.15) is 0 Å². The van der Waals surface area contributed by atoms with Crippen LogP contribution in [0.5, 0.6) is 0 Å². The van der Waals surface area contributed by atoms with Gasteiger partial charge in [-0.3, -0.25) is 19.5 Å². The van der Waals surface area contributed by atoms with Crippen LogP contribution in [0.1, 0.15) is 50.6 Å². The van der Waals surface area contributed by atoms with E-state index in [1.54, 1.807) is 0 Å². The van der Waals surface area contributed by atoms with Gasteiger partial charge < -0.3 is 10.2 Å². The predicted molar refractivity (Wildman–Crippen MR) is 100 cm³/mol. The molecule has 6 heteroatoms. The monoisotopic (exact) mass is 358 g/mol. The van der Waals surface area contributed by atoms with Crippen LogP contribution in [0.4, 0.5) is 0 Å². The molecule has 0 bridgehead atoms. The second-order valence-corrected chi connectivity index (χ2v) is 7.40. The molecule has 26 heavy (non-hydrogen) atoms. The number of aromatic nitrogens is 1. The second-order valence-electron chi connectivity index (χ2n) is 7.40. The van der Waals surface area contributed by atoms with Crippen LogP contribution in [-0.2, 0) is 16.1 Å². The maximum absolute atomic E-state index is 12.3. The molecule has 2 aliphatic heterocycles. The zero-order valence-electron chi connectivity index (χ0n) is 15.5. The van der Waals surface area contributed by atoms with Crippen LogP contribution in [0.2, 0.25) is 0 Å². The third-order valence-electron chi connectivity index (χ3n) is 5.26. The van der Waals surface area contributed by atoms with E-state index in [0.717, 1.165) is 64.0 Å². The largest absolute Gasteiger partial charge is 0.352 e. The number of carbonyl (C=O) groups is 2. The molecule has 0 spiro atoms. The normalized spacial score (nSPS) is 22.1. The number of carbonyl (C=O) groups excluding carboxylic acids is 2. The zero-order valence-corrected chi connectivity index (χ0v) is 15.5. The summed E-state index contributed by atoms with van der Waals surface area (Å²) in [4.78, 5) is 33.0. The van der Waals surface area contributed by atoms with Gasteiger partial charge >= 0.3 is 0 Å². The number of rotatable bonds is 6. The summed E-state index contributed by atoms with van der Waals surface area (Å²) in [5.41, 5.74) is 1.07. The van der Waals surface area contributed by atoms with E-state index in [1.165, 1.54) is 0 Å². The van der Waals surface area contributed by atoms with Crippen molar-refractivity contribution in [3.63, 3.8) is 0 Å². The van der Waals surface area contributed by atoms with Crippen molar-refractivity contribution in [1.29, 1.82) is 0 Å². The summed E-state index contributed by atoms with van der Waals surface area (Å²) in [6, 6.07) is 6.17. The van der Waals surface area contributed by atoms with Crippen LogP contribution < -0.4 is 5.32 Å². The maximum Gasteiger partial charge on any atom is 0.222 e. The molecule has 2 fully saturated rings. The lowest BCUT2D eigenvalue weighted by Crippen LogP contribution is -2.48. The molecule has 1 unspecified atom stereocenters. The Morgan fingerprint density at radius 1 is 1.19 bits per heavy atom. The number of hydrogen-bond acceptors (Lipinski definition) is 4. The number of nitrogens with one attached hydrogen (secondary N) is 1. The molecule has 142 valence electrons. The summed E-state index contributed by atoms with van der Waals surface area (Å²) >= 11 is 0. The van der Waals surface area contributed by atoms with Gasteiger partial charge in [0.25, 0.3) is 0 Å². The summed E-state index contributed by atoms with van der Waals surface area (Å²) < 4.78 is 0. The highest BCUT2D eigenvalue weighted by Gasteiger charge is 2.22. The number of nitrogens with zero attached hydrogens (tertiary/aromatic N) is 3. The van der Waals surface area contributed by atoms with Crippen molar-refractivity contribution in [2.75, 3.05) is 26.2 Å². The van der Waals surface area contributed by atoms with Gasteiger partial charge in [0.05, 0.1) is 5.69 Å². The van der Waals surface area contributed by atoms with Gasteiger partial charge in [-0.1, -0.05) is 12.5 Å². The molecule has 3 rings (SSSR count). The summed E-state index contributed by atoms with van der Waals surface area (Å²) in [5, 5.41) is 3.17. The molecule has 1 aromatic rings. The lowest BCUT2D eigenvalue weighted by molar-refractivity contribution is -0.131. The van der Waals surface area contributed by atoms with E-state index >= 15 is 0 Å². The fourth-order valence-corrected chi connectivity index (χ4v) is 3.85. The minimum absolute atomic E-state index is 0.0618. The van der Waals surface area contributed by atoms with Gasteiger partial charge in [-0.05, 0) is 44.4 Å². The highest BCUT2D eigenvalue weighted by molar-refractivity contribution is 5.79. The van der Waals surface area contributed by atoms with Gasteiger partial charge in [-0.2, -0.15) is 0 Å². The lowest BCUT2D eigenvalue weighted by Gasteiger charge is -2.33. The molecule has 2 saturated heterocycles. The fourth-order valence-electron chi connectivity index (χ4n) is 3.85. The van der Waals surface area contributed by atoms with Gasteiger partial charge in [0.2, 0.25) is 11.8 Å².